The van der Waals surface area contributed by atoms with E-state index in [1.807, 2.05) is 14.0 Å². The Morgan fingerprint density at radius 1 is 1.20 bits per heavy atom. The Balaban J connectivity index is 0.00000320. The topological polar surface area (TPSA) is 62.0 Å². The predicted molar refractivity (Wildman–Crippen MR) is 134 cm³/mol. The monoisotopic (exact) mass is 532 g/mol. The van der Waals surface area contributed by atoms with Crippen LogP contribution < -0.4 is 10.6 Å². The molecular formula is C23H41IN4O2. The van der Waals surface area contributed by atoms with Crippen LogP contribution in [0.5, 0.6) is 0 Å². The summed E-state index contributed by atoms with van der Waals surface area (Å²) in [7, 11) is 1.86. The third-order valence-corrected chi connectivity index (χ3v) is 6.63. The molecule has 1 aliphatic heterocycles. The van der Waals surface area contributed by atoms with E-state index in [1.54, 1.807) is 0 Å². The SMILES string of the molecule is CCOCCC1(CNC(=NC)NCC(c2ccc(C)o2)N2CCCC2)CCCC1.I. The van der Waals surface area contributed by atoms with Gasteiger partial charge in [0.1, 0.15) is 11.5 Å². The highest BCUT2D eigenvalue weighted by Crippen LogP contribution is 2.40. The van der Waals surface area contributed by atoms with Crippen LogP contribution in [0.25, 0.3) is 0 Å². The van der Waals surface area contributed by atoms with Gasteiger partial charge in [-0.2, -0.15) is 0 Å². The average Bonchev–Trinajstić information content (AvgIpc) is 3.48. The molecule has 0 bridgehead atoms. The molecule has 1 saturated carbocycles. The lowest BCUT2D eigenvalue weighted by molar-refractivity contribution is 0.105. The number of halogens is 1. The zero-order valence-corrected chi connectivity index (χ0v) is 21.4. The van der Waals surface area contributed by atoms with E-state index in [0.29, 0.717) is 5.41 Å². The molecule has 2 aliphatic rings. The Morgan fingerprint density at radius 2 is 1.93 bits per heavy atom. The Kier molecular flexibility index (Phi) is 11.0. The average molecular weight is 533 g/mol. The van der Waals surface area contributed by atoms with E-state index in [4.69, 9.17) is 9.15 Å². The van der Waals surface area contributed by atoms with Gasteiger partial charge in [0.15, 0.2) is 5.96 Å². The van der Waals surface area contributed by atoms with E-state index in [2.05, 4.69) is 39.6 Å². The second-order valence-electron chi connectivity index (χ2n) is 8.67. The maximum Gasteiger partial charge on any atom is 0.191 e. The first kappa shape index (κ1) is 25.5. The molecule has 0 aromatic carbocycles. The van der Waals surface area contributed by atoms with Gasteiger partial charge in [-0.3, -0.25) is 9.89 Å². The highest BCUT2D eigenvalue weighted by molar-refractivity contribution is 14.0. The van der Waals surface area contributed by atoms with Gasteiger partial charge in [-0.25, -0.2) is 0 Å². The van der Waals surface area contributed by atoms with Crippen LogP contribution in [0.2, 0.25) is 0 Å². The van der Waals surface area contributed by atoms with E-state index >= 15 is 0 Å². The van der Waals surface area contributed by atoms with E-state index < -0.39 is 0 Å². The standard InChI is InChI=1S/C23H40N4O2.HI/c1-4-28-16-13-23(11-5-6-12-23)18-26-22(24-3)25-17-20(27-14-7-8-15-27)21-10-9-19(2)29-21;/h9-10,20H,4-8,11-18H2,1-3H3,(H2,24,25,26);1H. The normalized spacial score (nSPS) is 20.2. The molecular weight excluding hydrogens is 491 g/mol. The number of aliphatic imine (C=N–C) groups is 1. The third kappa shape index (κ3) is 7.12. The van der Waals surface area contributed by atoms with Crippen LogP contribution in [-0.4, -0.2) is 57.3 Å². The minimum absolute atomic E-state index is 0. The number of aryl methyl sites for hydroxylation is 1. The van der Waals surface area contributed by atoms with Gasteiger partial charge in [0.25, 0.3) is 0 Å². The summed E-state index contributed by atoms with van der Waals surface area (Å²) in [4.78, 5) is 7.01. The molecule has 1 aliphatic carbocycles. The molecule has 1 aromatic heterocycles. The van der Waals surface area contributed by atoms with Crippen LogP contribution in [-0.2, 0) is 4.74 Å². The van der Waals surface area contributed by atoms with Crippen LogP contribution in [0.15, 0.2) is 21.5 Å². The summed E-state index contributed by atoms with van der Waals surface area (Å²) in [6.45, 7) is 9.80. The zero-order valence-electron chi connectivity index (χ0n) is 19.0. The molecule has 172 valence electrons. The number of ether oxygens (including phenoxy) is 1. The number of rotatable bonds is 10. The first-order chi connectivity index (χ1) is 14.2. The number of hydrogen-bond acceptors (Lipinski definition) is 4. The fourth-order valence-electron chi connectivity index (χ4n) is 4.85. The smallest absolute Gasteiger partial charge is 0.191 e. The molecule has 30 heavy (non-hydrogen) atoms. The van der Waals surface area contributed by atoms with Crippen molar-refractivity contribution >= 4 is 29.9 Å². The maximum atomic E-state index is 5.98. The van der Waals surface area contributed by atoms with Crippen LogP contribution in [0.1, 0.15) is 69.4 Å². The number of guanidine groups is 1. The van der Waals surface area contributed by atoms with Gasteiger partial charge in [-0.05, 0) is 76.6 Å². The zero-order chi connectivity index (χ0) is 20.5. The Hall–Kier alpha value is -0.800. The Bertz CT molecular complexity index is 637. The molecule has 1 unspecified atom stereocenters. The minimum Gasteiger partial charge on any atom is -0.465 e. The number of furan rings is 1. The van der Waals surface area contributed by atoms with E-state index in [-0.39, 0.29) is 30.0 Å². The number of nitrogens with one attached hydrogen (secondary N) is 2. The first-order valence-electron chi connectivity index (χ1n) is 11.5. The van der Waals surface area contributed by atoms with Gasteiger partial charge in [0.05, 0.1) is 6.04 Å². The van der Waals surface area contributed by atoms with Crippen molar-refractivity contribution in [3.8, 4) is 0 Å². The fourth-order valence-corrected chi connectivity index (χ4v) is 4.85. The Labute approximate surface area is 199 Å². The molecule has 0 amide bonds. The van der Waals surface area contributed by atoms with Crippen LogP contribution in [0, 0.1) is 12.3 Å². The van der Waals surface area contributed by atoms with Crippen molar-refractivity contribution in [3.63, 3.8) is 0 Å². The van der Waals surface area contributed by atoms with Crippen LogP contribution >= 0.6 is 24.0 Å². The molecule has 2 N–H and O–H groups in total. The molecule has 0 spiro atoms. The summed E-state index contributed by atoms with van der Waals surface area (Å²) in [6.07, 6.45) is 8.89. The molecule has 2 fully saturated rings. The summed E-state index contributed by atoms with van der Waals surface area (Å²) < 4.78 is 11.6. The molecule has 7 heteroatoms. The number of likely N-dealkylation sites (tertiary alicyclic amines) is 1. The fraction of sp³-hybridized carbons (Fsp3) is 0.783. The molecule has 3 rings (SSSR count). The second kappa shape index (κ2) is 12.9. The summed E-state index contributed by atoms with van der Waals surface area (Å²) in [5.41, 5.74) is 0.346. The number of nitrogens with zero attached hydrogens (tertiary/aromatic N) is 2. The summed E-state index contributed by atoms with van der Waals surface area (Å²) in [5, 5.41) is 7.18. The summed E-state index contributed by atoms with van der Waals surface area (Å²) >= 11 is 0. The minimum atomic E-state index is 0. The van der Waals surface area contributed by atoms with Crippen molar-refractivity contribution in [1.29, 1.82) is 0 Å². The second-order valence-corrected chi connectivity index (χ2v) is 8.67. The molecule has 1 saturated heterocycles. The molecule has 1 atom stereocenters. The maximum absolute atomic E-state index is 5.98. The van der Waals surface area contributed by atoms with Gasteiger partial charge < -0.3 is 19.8 Å². The third-order valence-electron chi connectivity index (χ3n) is 6.63. The first-order valence-corrected chi connectivity index (χ1v) is 11.5. The molecule has 1 aromatic rings. The van der Waals surface area contributed by atoms with Crippen molar-refractivity contribution in [2.24, 2.45) is 10.4 Å². The molecule has 6 nitrogen and oxygen atoms in total. The van der Waals surface area contributed by atoms with Crippen molar-refractivity contribution < 1.29 is 9.15 Å². The lowest BCUT2D eigenvalue weighted by Gasteiger charge is -2.31. The van der Waals surface area contributed by atoms with Gasteiger partial charge in [0.2, 0.25) is 0 Å². The van der Waals surface area contributed by atoms with Gasteiger partial charge in [0, 0.05) is 33.4 Å². The molecule has 2 heterocycles. The van der Waals surface area contributed by atoms with Gasteiger partial charge >= 0.3 is 0 Å². The largest absolute Gasteiger partial charge is 0.465 e. The van der Waals surface area contributed by atoms with Crippen molar-refractivity contribution in [2.75, 3.05) is 46.4 Å². The van der Waals surface area contributed by atoms with Crippen LogP contribution in [0.3, 0.4) is 0 Å². The lowest BCUT2D eigenvalue weighted by Crippen LogP contribution is -2.46. The van der Waals surface area contributed by atoms with E-state index in [9.17, 15) is 0 Å². The van der Waals surface area contributed by atoms with Gasteiger partial charge in [-0.1, -0.05) is 12.8 Å². The van der Waals surface area contributed by atoms with E-state index in [0.717, 1.165) is 63.3 Å². The quantitative estimate of drug-likeness (QED) is 0.201. The lowest BCUT2D eigenvalue weighted by atomic mass is 9.83. The van der Waals surface area contributed by atoms with Crippen molar-refractivity contribution in [3.05, 3.63) is 23.7 Å². The number of hydrogen-bond donors (Lipinski definition) is 2. The van der Waals surface area contributed by atoms with Gasteiger partial charge in [-0.15, -0.1) is 24.0 Å². The van der Waals surface area contributed by atoms with Crippen molar-refractivity contribution in [2.45, 2.75) is 64.8 Å². The highest BCUT2D eigenvalue weighted by Gasteiger charge is 2.33. The Morgan fingerprint density at radius 3 is 2.53 bits per heavy atom. The van der Waals surface area contributed by atoms with Crippen molar-refractivity contribution in [1.82, 2.24) is 15.5 Å². The van der Waals surface area contributed by atoms with E-state index in [1.165, 1.54) is 38.5 Å². The summed E-state index contributed by atoms with van der Waals surface area (Å²) in [5.74, 6) is 2.92. The molecule has 0 radical (unpaired) electrons. The highest BCUT2D eigenvalue weighted by atomic mass is 127. The van der Waals surface area contributed by atoms with Crippen LogP contribution in [0.4, 0.5) is 0 Å². The summed E-state index contributed by atoms with van der Waals surface area (Å²) in [6, 6.07) is 4.44. The predicted octanol–water partition coefficient (Wildman–Crippen LogP) is 4.49.